The molecule has 0 fully saturated rings. The van der Waals surface area contributed by atoms with Gasteiger partial charge in [-0.25, -0.2) is 9.59 Å². The number of H-pyrrole nitrogens is 2. The second kappa shape index (κ2) is 7.74. The Morgan fingerprint density at radius 3 is 1.54 bits per heavy atom. The molecule has 0 atom stereocenters. The summed E-state index contributed by atoms with van der Waals surface area (Å²) >= 11 is 0. The maximum atomic E-state index is 12.3. The predicted molar refractivity (Wildman–Crippen MR) is 99.7 cm³/mol. The number of rotatable bonds is 4. The lowest BCUT2D eigenvalue weighted by Crippen LogP contribution is -2.05. The minimum Gasteiger partial charge on any atom is -0.462 e. The van der Waals surface area contributed by atoms with E-state index in [0.717, 1.165) is 11.0 Å². The summed E-state index contributed by atoms with van der Waals surface area (Å²) in [6.45, 7) is 4.07. The molecule has 4 bridgehead atoms. The van der Waals surface area contributed by atoms with Crippen LogP contribution in [0.15, 0.2) is 48.5 Å². The van der Waals surface area contributed by atoms with Crippen LogP contribution in [0.4, 0.5) is 0 Å². The van der Waals surface area contributed by atoms with E-state index in [-0.39, 0.29) is 13.2 Å². The molecule has 0 amide bonds. The summed E-state index contributed by atoms with van der Waals surface area (Å²) < 4.78 is 10.3. The van der Waals surface area contributed by atoms with Gasteiger partial charge in [-0.1, -0.05) is 0 Å². The van der Waals surface area contributed by atoms with Crippen LogP contribution < -0.4 is 0 Å². The van der Waals surface area contributed by atoms with Gasteiger partial charge in [0.2, 0.25) is 0 Å². The standard InChI is InChI=1S/C20H20N2O4/c1-3-25-19(23)15-9-7-13-5-6-14(21-13)8-10-16(20(24)26-4-2)18-12-11-17(15)22-18/h5-12,21-22H,3-4H2,1-2H3. The van der Waals surface area contributed by atoms with E-state index in [2.05, 4.69) is 9.97 Å². The Morgan fingerprint density at radius 1 is 0.692 bits per heavy atom. The highest BCUT2D eigenvalue weighted by Gasteiger charge is 2.12. The fourth-order valence-electron chi connectivity index (χ4n) is 2.63. The summed E-state index contributed by atoms with van der Waals surface area (Å²) in [5.74, 6) is -0.872. The highest BCUT2D eigenvalue weighted by molar-refractivity contribution is 6.00. The van der Waals surface area contributed by atoms with Crippen molar-refractivity contribution in [2.75, 3.05) is 13.2 Å². The number of aromatic nitrogens is 2. The third kappa shape index (κ3) is 3.69. The number of aromatic amines is 2. The molecule has 0 aliphatic heterocycles. The van der Waals surface area contributed by atoms with Gasteiger partial charge in [-0.05, 0) is 62.4 Å². The quantitative estimate of drug-likeness (QED) is 0.692. The lowest BCUT2D eigenvalue weighted by atomic mass is 10.2. The lowest BCUT2D eigenvalue weighted by molar-refractivity contribution is 0.0519. The van der Waals surface area contributed by atoms with Crippen LogP contribution in [0.3, 0.4) is 0 Å². The van der Waals surface area contributed by atoms with Crippen molar-refractivity contribution in [3.8, 4) is 0 Å². The van der Waals surface area contributed by atoms with Gasteiger partial charge in [0.15, 0.2) is 0 Å². The van der Waals surface area contributed by atoms with Crippen LogP contribution in [-0.2, 0) is 9.47 Å². The number of ether oxygens (including phenoxy) is 2. The molecule has 0 saturated carbocycles. The van der Waals surface area contributed by atoms with Crippen molar-refractivity contribution < 1.29 is 19.1 Å². The van der Waals surface area contributed by atoms with Crippen molar-refractivity contribution in [1.82, 2.24) is 9.97 Å². The molecule has 6 nitrogen and oxygen atoms in total. The van der Waals surface area contributed by atoms with Gasteiger partial charge >= 0.3 is 11.9 Å². The molecule has 3 heterocycles. The minimum atomic E-state index is -0.436. The van der Waals surface area contributed by atoms with E-state index in [1.165, 1.54) is 0 Å². The fraction of sp³-hybridized carbons (Fsp3) is 0.200. The maximum absolute atomic E-state index is 12.3. The van der Waals surface area contributed by atoms with E-state index in [1.54, 1.807) is 38.1 Å². The Labute approximate surface area is 150 Å². The average molecular weight is 352 g/mol. The lowest BCUT2D eigenvalue weighted by Gasteiger charge is -2.02. The van der Waals surface area contributed by atoms with Gasteiger partial charge in [-0.15, -0.1) is 0 Å². The van der Waals surface area contributed by atoms with Crippen molar-refractivity contribution in [3.05, 3.63) is 59.7 Å². The van der Waals surface area contributed by atoms with Gasteiger partial charge in [0.25, 0.3) is 0 Å². The van der Waals surface area contributed by atoms with Crippen LogP contribution in [-0.4, -0.2) is 35.1 Å². The Kier molecular flexibility index (Phi) is 5.22. The van der Waals surface area contributed by atoms with E-state index in [1.807, 2.05) is 24.3 Å². The number of esters is 2. The maximum Gasteiger partial charge on any atom is 0.340 e. The first-order valence-corrected chi connectivity index (χ1v) is 8.45. The topological polar surface area (TPSA) is 84.2 Å². The fourth-order valence-corrected chi connectivity index (χ4v) is 2.63. The van der Waals surface area contributed by atoms with Gasteiger partial charge in [0.05, 0.1) is 35.4 Å². The summed E-state index contributed by atoms with van der Waals surface area (Å²) in [5, 5.41) is 0. The number of hydrogen-bond donors (Lipinski definition) is 2. The molecule has 134 valence electrons. The largest absolute Gasteiger partial charge is 0.462 e. The minimum absolute atomic E-state index is 0.277. The van der Waals surface area contributed by atoms with Gasteiger partial charge in [-0.3, -0.25) is 0 Å². The Hall–Kier alpha value is -3.28. The Balaban J connectivity index is 2.32. The molecule has 0 aromatic carbocycles. The number of nitrogens with one attached hydrogen (secondary N) is 2. The van der Waals surface area contributed by atoms with Gasteiger partial charge in [-0.2, -0.15) is 0 Å². The van der Waals surface area contributed by atoms with Gasteiger partial charge in [0, 0.05) is 11.0 Å². The van der Waals surface area contributed by atoms with E-state index in [4.69, 9.17) is 9.47 Å². The summed E-state index contributed by atoms with van der Waals surface area (Å²) in [6.07, 6.45) is 0. The van der Waals surface area contributed by atoms with Crippen molar-refractivity contribution in [3.63, 3.8) is 0 Å². The van der Waals surface area contributed by atoms with Crippen LogP contribution in [0, 0.1) is 0 Å². The molecule has 3 rings (SSSR count). The monoisotopic (exact) mass is 352 g/mol. The Bertz CT molecular complexity index is 937. The number of carbonyl (C=O) groups excluding carboxylic acids is 2. The zero-order chi connectivity index (χ0) is 18.5. The molecule has 26 heavy (non-hydrogen) atoms. The van der Waals surface area contributed by atoms with Gasteiger partial charge in [0.1, 0.15) is 0 Å². The molecule has 0 radical (unpaired) electrons. The number of carbonyl (C=O) groups is 2. The summed E-state index contributed by atoms with van der Waals surface area (Å²) in [5.41, 5.74) is 3.55. The smallest absolute Gasteiger partial charge is 0.340 e. The highest BCUT2D eigenvalue weighted by Crippen LogP contribution is 2.16. The molecule has 3 aromatic rings. The predicted octanol–water partition coefficient (Wildman–Crippen LogP) is 4.13. The molecule has 6 heteroatoms. The van der Waals surface area contributed by atoms with Crippen molar-refractivity contribution >= 4 is 34.0 Å². The van der Waals surface area contributed by atoms with Gasteiger partial charge < -0.3 is 19.4 Å². The molecule has 0 spiro atoms. The average Bonchev–Trinajstić information content (AvgIpc) is 3.25. The third-order valence-electron chi connectivity index (χ3n) is 3.85. The first kappa shape index (κ1) is 17.5. The molecule has 2 N–H and O–H groups in total. The van der Waals surface area contributed by atoms with E-state index >= 15 is 0 Å². The first-order chi connectivity index (χ1) is 12.6. The summed E-state index contributed by atoms with van der Waals surface area (Å²) in [6, 6.07) is 14.3. The van der Waals surface area contributed by atoms with Crippen LogP contribution in [0.5, 0.6) is 0 Å². The molecule has 0 saturated heterocycles. The van der Waals surface area contributed by atoms with E-state index < -0.39 is 11.9 Å². The molecular weight excluding hydrogens is 332 g/mol. The highest BCUT2D eigenvalue weighted by atomic mass is 16.5. The zero-order valence-corrected chi connectivity index (χ0v) is 14.7. The molecular formula is C20H20N2O4. The van der Waals surface area contributed by atoms with Crippen molar-refractivity contribution in [2.24, 2.45) is 0 Å². The Morgan fingerprint density at radius 2 is 1.12 bits per heavy atom. The zero-order valence-electron chi connectivity index (χ0n) is 14.7. The van der Waals surface area contributed by atoms with Crippen molar-refractivity contribution in [2.45, 2.75) is 13.8 Å². The number of fused-ring (bicyclic) bond motifs is 4. The number of hydrogen-bond acceptors (Lipinski definition) is 4. The van der Waals surface area contributed by atoms with E-state index in [0.29, 0.717) is 22.2 Å². The van der Waals surface area contributed by atoms with Crippen LogP contribution in [0.1, 0.15) is 34.6 Å². The second-order valence-electron chi connectivity index (χ2n) is 5.59. The molecule has 0 aliphatic carbocycles. The molecule has 0 unspecified atom stereocenters. The van der Waals surface area contributed by atoms with E-state index in [9.17, 15) is 9.59 Å². The van der Waals surface area contributed by atoms with Crippen LogP contribution in [0.2, 0.25) is 0 Å². The molecule has 3 aromatic heterocycles. The first-order valence-electron chi connectivity index (χ1n) is 8.45. The summed E-state index contributed by atoms with van der Waals surface area (Å²) in [7, 11) is 0. The SMILES string of the molecule is CCOC(=O)c1ccc2ccc(ccc(C(=O)OCC)c3ccc1[nH]3)[nH]2. The summed E-state index contributed by atoms with van der Waals surface area (Å²) in [4.78, 5) is 31.0. The normalized spacial score (nSPS) is 10.5. The molecule has 0 aliphatic rings. The van der Waals surface area contributed by atoms with Crippen LogP contribution in [0.25, 0.3) is 22.1 Å². The van der Waals surface area contributed by atoms with Crippen LogP contribution >= 0.6 is 0 Å². The third-order valence-corrected chi connectivity index (χ3v) is 3.85. The second-order valence-corrected chi connectivity index (χ2v) is 5.59. The van der Waals surface area contributed by atoms with Crippen molar-refractivity contribution in [1.29, 1.82) is 0 Å².